The Morgan fingerprint density at radius 3 is 2.71 bits per heavy atom. The van der Waals surface area contributed by atoms with Gasteiger partial charge in [-0.15, -0.1) is 0 Å². The summed E-state index contributed by atoms with van der Waals surface area (Å²) in [5, 5.41) is 6.91. The third kappa shape index (κ3) is 5.75. The first-order chi connectivity index (χ1) is 17.0. The molecule has 0 atom stereocenters. The zero-order valence-corrected chi connectivity index (χ0v) is 20.1. The van der Waals surface area contributed by atoms with Crippen LogP contribution < -0.4 is 15.4 Å². The Hall–Kier alpha value is -3.98. The van der Waals surface area contributed by atoms with E-state index in [1.54, 1.807) is 43.8 Å². The summed E-state index contributed by atoms with van der Waals surface area (Å²) in [5.41, 5.74) is 3.31. The molecule has 2 heterocycles. The first-order valence-corrected chi connectivity index (χ1v) is 11.6. The van der Waals surface area contributed by atoms with Gasteiger partial charge in [-0.1, -0.05) is 13.8 Å². The van der Waals surface area contributed by atoms with Crippen LogP contribution in [-0.4, -0.2) is 59.0 Å². The molecule has 3 N–H and O–H groups in total. The minimum atomic E-state index is -0.294. The molecule has 0 aliphatic rings. The van der Waals surface area contributed by atoms with Gasteiger partial charge >= 0.3 is 0 Å². The van der Waals surface area contributed by atoms with Crippen LogP contribution in [0.25, 0.3) is 22.3 Å². The van der Waals surface area contributed by atoms with E-state index in [9.17, 15) is 9.18 Å². The Labute approximate surface area is 203 Å². The van der Waals surface area contributed by atoms with E-state index in [4.69, 9.17) is 4.74 Å². The van der Waals surface area contributed by atoms with E-state index in [1.807, 2.05) is 6.07 Å². The molecule has 4 rings (SSSR count). The van der Waals surface area contributed by atoms with Gasteiger partial charge in [0.15, 0.2) is 0 Å². The molecule has 0 bridgehead atoms. The van der Waals surface area contributed by atoms with E-state index >= 15 is 0 Å². The molecule has 2 aromatic heterocycles. The Balaban J connectivity index is 1.48. The predicted octanol–water partition coefficient (Wildman–Crippen LogP) is 4.59. The Morgan fingerprint density at radius 2 is 1.94 bits per heavy atom. The highest BCUT2D eigenvalue weighted by Gasteiger charge is 2.13. The van der Waals surface area contributed by atoms with Crippen molar-refractivity contribution in [3.8, 4) is 17.1 Å². The minimum absolute atomic E-state index is 0.154. The van der Waals surface area contributed by atoms with Crippen LogP contribution in [0.3, 0.4) is 0 Å². The van der Waals surface area contributed by atoms with Crippen LogP contribution in [0.15, 0.2) is 54.9 Å². The number of nitrogens with zero attached hydrogens (tertiary/aromatic N) is 3. The molecule has 0 radical (unpaired) electrons. The summed E-state index contributed by atoms with van der Waals surface area (Å²) in [7, 11) is 1.55. The molecule has 35 heavy (non-hydrogen) atoms. The molecule has 0 fully saturated rings. The van der Waals surface area contributed by atoms with Crippen molar-refractivity contribution < 1.29 is 13.9 Å². The molecule has 8 nitrogen and oxygen atoms in total. The molecule has 0 saturated heterocycles. The maximum absolute atomic E-state index is 13.5. The summed E-state index contributed by atoms with van der Waals surface area (Å²) in [6.07, 6.45) is 3.23. The van der Waals surface area contributed by atoms with Crippen LogP contribution in [0.1, 0.15) is 24.2 Å². The summed E-state index contributed by atoms with van der Waals surface area (Å²) in [5.74, 6) is 0.563. The monoisotopic (exact) mass is 476 g/mol. The van der Waals surface area contributed by atoms with Gasteiger partial charge in [0.25, 0.3) is 5.91 Å². The minimum Gasteiger partial charge on any atom is -0.495 e. The van der Waals surface area contributed by atoms with E-state index in [2.05, 4.69) is 44.3 Å². The zero-order chi connectivity index (χ0) is 24.8. The number of benzene rings is 2. The number of amides is 1. The molecule has 1 amide bonds. The molecule has 0 aliphatic heterocycles. The van der Waals surface area contributed by atoms with Crippen molar-refractivity contribution in [2.75, 3.05) is 38.6 Å². The van der Waals surface area contributed by atoms with Crippen LogP contribution in [0.5, 0.6) is 5.75 Å². The number of rotatable bonds is 10. The van der Waals surface area contributed by atoms with Gasteiger partial charge in [-0.25, -0.2) is 9.37 Å². The number of ether oxygens (including phenoxy) is 1. The third-order valence-electron chi connectivity index (χ3n) is 5.83. The second-order valence-corrected chi connectivity index (χ2v) is 8.03. The van der Waals surface area contributed by atoms with E-state index in [0.717, 1.165) is 36.2 Å². The van der Waals surface area contributed by atoms with Crippen molar-refractivity contribution in [3.63, 3.8) is 0 Å². The molecule has 0 unspecified atom stereocenters. The van der Waals surface area contributed by atoms with Crippen LogP contribution in [0, 0.1) is 5.82 Å². The molecule has 4 aromatic rings. The lowest BCUT2D eigenvalue weighted by Gasteiger charge is -2.18. The third-order valence-corrected chi connectivity index (χ3v) is 5.83. The number of H-pyrrole nitrogens is 1. The normalized spacial score (nSPS) is 11.1. The summed E-state index contributed by atoms with van der Waals surface area (Å²) in [6, 6.07) is 11.6. The number of nitrogens with one attached hydrogen (secondary N) is 3. The van der Waals surface area contributed by atoms with Crippen molar-refractivity contribution in [1.29, 1.82) is 0 Å². The molecule has 0 saturated carbocycles. The first kappa shape index (κ1) is 24.2. The lowest BCUT2D eigenvalue weighted by atomic mass is 10.1. The number of aromatic amines is 1. The van der Waals surface area contributed by atoms with Gasteiger partial charge in [-0.2, -0.15) is 0 Å². The largest absolute Gasteiger partial charge is 0.495 e. The fourth-order valence-electron chi connectivity index (χ4n) is 3.84. The summed E-state index contributed by atoms with van der Waals surface area (Å²) < 4.78 is 19.0. The van der Waals surface area contributed by atoms with Crippen LogP contribution in [0.4, 0.5) is 15.9 Å². The highest BCUT2D eigenvalue weighted by molar-refractivity contribution is 5.95. The average molecular weight is 477 g/mol. The van der Waals surface area contributed by atoms with Crippen molar-refractivity contribution in [3.05, 3.63) is 66.2 Å². The summed E-state index contributed by atoms with van der Waals surface area (Å²) >= 11 is 0. The summed E-state index contributed by atoms with van der Waals surface area (Å²) in [4.78, 5) is 27.0. The molecular formula is C26H29FN6O2. The SMILES string of the molecule is CCN(CC)CCNC(=O)c1ccc(Nc2cncc(-c3cc4cc(F)ccc4[nH]3)n2)c(OC)c1. The van der Waals surface area contributed by atoms with E-state index in [1.165, 1.54) is 12.1 Å². The van der Waals surface area contributed by atoms with Gasteiger partial charge < -0.3 is 25.3 Å². The molecule has 9 heteroatoms. The number of anilines is 2. The fourth-order valence-corrected chi connectivity index (χ4v) is 3.84. The number of carbonyl (C=O) groups excluding carboxylic acids is 1. The van der Waals surface area contributed by atoms with Gasteiger partial charge in [0, 0.05) is 29.6 Å². The number of likely N-dealkylation sites (N-methyl/N-ethyl adjacent to an activating group) is 1. The van der Waals surface area contributed by atoms with E-state index in [0.29, 0.717) is 35.1 Å². The van der Waals surface area contributed by atoms with Gasteiger partial charge in [0.1, 0.15) is 23.1 Å². The molecule has 0 spiro atoms. The van der Waals surface area contributed by atoms with E-state index < -0.39 is 0 Å². The fraction of sp³-hybridized carbons (Fsp3) is 0.269. The smallest absolute Gasteiger partial charge is 0.251 e. The van der Waals surface area contributed by atoms with Gasteiger partial charge in [-0.05, 0) is 55.6 Å². The second kappa shape index (κ2) is 11.0. The lowest BCUT2D eigenvalue weighted by Crippen LogP contribution is -2.34. The second-order valence-electron chi connectivity index (χ2n) is 8.03. The number of aromatic nitrogens is 3. The molecule has 182 valence electrons. The lowest BCUT2D eigenvalue weighted by molar-refractivity contribution is 0.0948. The highest BCUT2D eigenvalue weighted by Crippen LogP contribution is 2.29. The predicted molar refractivity (Wildman–Crippen MR) is 136 cm³/mol. The molecular weight excluding hydrogens is 447 g/mol. The number of methoxy groups -OCH3 is 1. The molecule has 2 aromatic carbocycles. The van der Waals surface area contributed by atoms with Gasteiger partial charge in [-0.3, -0.25) is 9.78 Å². The van der Waals surface area contributed by atoms with Crippen LogP contribution in [-0.2, 0) is 0 Å². The van der Waals surface area contributed by atoms with Gasteiger partial charge in [0.2, 0.25) is 0 Å². The Bertz CT molecular complexity index is 1320. The average Bonchev–Trinajstić information content (AvgIpc) is 3.30. The number of carbonyl (C=O) groups is 1. The number of hydrogen-bond donors (Lipinski definition) is 3. The van der Waals surface area contributed by atoms with Crippen molar-refractivity contribution in [1.82, 2.24) is 25.2 Å². The van der Waals surface area contributed by atoms with Crippen molar-refractivity contribution in [2.45, 2.75) is 13.8 Å². The molecule has 0 aliphatic carbocycles. The van der Waals surface area contributed by atoms with Gasteiger partial charge in [0.05, 0.1) is 30.9 Å². The quantitative estimate of drug-likeness (QED) is 0.310. The van der Waals surface area contributed by atoms with Crippen LogP contribution in [0.2, 0.25) is 0 Å². The van der Waals surface area contributed by atoms with Crippen LogP contribution >= 0.6 is 0 Å². The Kier molecular flexibility index (Phi) is 7.57. The standard InChI is InChI=1S/C26H29FN6O2/c1-4-33(5-2)11-10-29-26(34)17-6-8-21(24(14-17)35-3)31-25-16-28-15-23(32-25)22-13-18-12-19(27)7-9-20(18)30-22/h6-9,12-16,30H,4-5,10-11H2,1-3H3,(H,29,34)(H,31,32). The van der Waals surface area contributed by atoms with E-state index in [-0.39, 0.29) is 11.7 Å². The van der Waals surface area contributed by atoms with Crippen molar-refractivity contribution in [2.24, 2.45) is 0 Å². The number of fused-ring (bicyclic) bond motifs is 1. The number of halogens is 1. The Morgan fingerprint density at radius 1 is 1.11 bits per heavy atom. The maximum Gasteiger partial charge on any atom is 0.251 e. The topological polar surface area (TPSA) is 95.2 Å². The summed E-state index contributed by atoms with van der Waals surface area (Å²) in [6.45, 7) is 7.47. The number of hydrogen-bond acceptors (Lipinski definition) is 6. The highest BCUT2D eigenvalue weighted by atomic mass is 19.1. The maximum atomic E-state index is 13.5. The van der Waals surface area contributed by atoms with Crippen molar-refractivity contribution >= 4 is 28.3 Å². The first-order valence-electron chi connectivity index (χ1n) is 11.6. The zero-order valence-electron chi connectivity index (χ0n) is 20.1.